The van der Waals surface area contributed by atoms with Gasteiger partial charge in [0, 0.05) is 38.8 Å². The van der Waals surface area contributed by atoms with Crippen LogP contribution in [0.2, 0.25) is 0 Å². The average molecular weight is 394 g/mol. The summed E-state index contributed by atoms with van der Waals surface area (Å²) >= 11 is 0. The highest BCUT2D eigenvalue weighted by atomic mass is 19.1. The van der Waals surface area contributed by atoms with Crippen LogP contribution in [-0.2, 0) is 14.9 Å². The van der Waals surface area contributed by atoms with Crippen LogP contribution in [0, 0.1) is 11.2 Å². The molecule has 0 aliphatic carbocycles. The van der Waals surface area contributed by atoms with Crippen molar-refractivity contribution in [2.75, 3.05) is 40.0 Å². The minimum Gasteiger partial charge on any atom is -0.381 e. The number of nitrogens with zero attached hydrogens (tertiary/aromatic N) is 1. The van der Waals surface area contributed by atoms with Crippen LogP contribution in [-0.4, -0.2) is 52.0 Å². The molecule has 1 aromatic carbocycles. The summed E-state index contributed by atoms with van der Waals surface area (Å²) in [4.78, 5) is 4.89. The van der Waals surface area contributed by atoms with E-state index in [0.717, 1.165) is 30.9 Å². The van der Waals surface area contributed by atoms with Crippen LogP contribution in [0.4, 0.5) is 4.39 Å². The van der Waals surface area contributed by atoms with E-state index in [1.54, 1.807) is 7.11 Å². The lowest BCUT2D eigenvalue weighted by Crippen LogP contribution is -2.46. The lowest BCUT2D eigenvalue weighted by molar-refractivity contribution is 0.0205. The number of halogens is 1. The van der Waals surface area contributed by atoms with Crippen LogP contribution < -0.4 is 10.6 Å². The summed E-state index contributed by atoms with van der Waals surface area (Å²) in [7, 11) is 1.74. The Bertz CT molecular complexity index is 620. The monoisotopic (exact) mass is 393 g/mol. The molecule has 1 fully saturated rings. The summed E-state index contributed by atoms with van der Waals surface area (Å²) in [5.41, 5.74) is 1.04. The Balaban J connectivity index is 2.15. The van der Waals surface area contributed by atoms with E-state index in [-0.39, 0.29) is 22.8 Å². The molecule has 0 amide bonds. The summed E-state index contributed by atoms with van der Waals surface area (Å²) in [5, 5.41) is 6.74. The SMILES string of the molecule is CCNC(=NCC1(c2ccc(F)cc2)CCOCC1)NCC(OC)C(C)(C)C. The van der Waals surface area contributed by atoms with Crippen LogP contribution in [0.25, 0.3) is 0 Å². The second-order valence-electron chi connectivity index (χ2n) is 8.57. The Labute approximate surface area is 169 Å². The molecule has 2 rings (SSSR count). The predicted octanol–water partition coefficient (Wildman–Crippen LogP) is 3.49. The number of methoxy groups -OCH3 is 1. The summed E-state index contributed by atoms with van der Waals surface area (Å²) in [6.07, 6.45) is 1.83. The van der Waals surface area contributed by atoms with E-state index in [0.29, 0.717) is 26.3 Å². The van der Waals surface area contributed by atoms with Crippen LogP contribution in [0.3, 0.4) is 0 Å². The zero-order valence-corrected chi connectivity index (χ0v) is 18.0. The van der Waals surface area contributed by atoms with E-state index in [4.69, 9.17) is 14.5 Å². The largest absolute Gasteiger partial charge is 0.381 e. The molecule has 1 aliphatic rings. The Kier molecular flexibility index (Phi) is 8.25. The van der Waals surface area contributed by atoms with Gasteiger partial charge in [0.15, 0.2) is 5.96 Å². The number of hydrogen-bond acceptors (Lipinski definition) is 3. The maximum absolute atomic E-state index is 13.4. The number of rotatable bonds is 7. The van der Waals surface area contributed by atoms with Crippen molar-refractivity contribution in [2.45, 2.75) is 52.1 Å². The second kappa shape index (κ2) is 10.2. The van der Waals surface area contributed by atoms with Crippen LogP contribution in [0.15, 0.2) is 29.3 Å². The molecule has 1 aliphatic heterocycles. The van der Waals surface area contributed by atoms with Crippen molar-refractivity contribution >= 4 is 5.96 Å². The normalized spacial score (nSPS) is 18.6. The highest BCUT2D eigenvalue weighted by Gasteiger charge is 2.34. The first-order valence-corrected chi connectivity index (χ1v) is 10.2. The average Bonchev–Trinajstić information content (AvgIpc) is 2.66. The summed E-state index contributed by atoms with van der Waals surface area (Å²) < 4.78 is 24.6. The third-order valence-corrected chi connectivity index (χ3v) is 5.50. The zero-order chi connectivity index (χ0) is 20.6. The van der Waals surface area contributed by atoms with Crippen LogP contribution in [0.1, 0.15) is 46.1 Å². The molecule has 6 heteroatoms. The van der Waals surface area contributed by atoms with Gasteiger partial charge in [-0.15, -0.1) is 0 Å². The number of aliphatic imine (C=N–C) groups is 1. The lowest BCUT2D eigenvalue weighted by atomic mass is 9.74. The molecule has 158 valence electrons. The summed E-state index contributed by atoms with van der Waals surface area (Å²) in [6, 6.07) is 6.84. The van der Waals surface area contributed by atoms with Gasteiger partial charge >= 0.3 is 0 Å². The first kappa shape index (κ1) is 22.6. The van der Waals surface area contributed by atoms with Crippen molar-refractivity contribution in [3.63, 3.8) is 0 Å². The van der Waals surface area contributed by atoms with E-state index in [2.05, 4.69) is 38.3 Å². The van der Waals surface area contributed by atoms with Crippen LogP contribution >= 0.6 is 0 Å². The van der Waals surface area contributed by atoms with Gasteiger partial charge in [0.25, 0.3) is 0 Å². The van der Waals surface area contributed by atoms with Crippen molar-refractivity contribution in [2.24, 2.45) is 10.4 Å². The van der Waals surface area contributed by atoms with E-state index in [1.165, 1.54) is 12.1 Å². The van der Waals surface area contributed by atoms with E-state index < -0.39 is 0 Å². The maximum atomic E-state index is 13.4. The summed E-state index contributed by atoms with van der Waals surface area (Å²) in [5.74, 6) is 0.569. The minimum atomic E-state index is -0.211. The van der Waals surface area contributed by atoms with Gasteiger partial charge in [0.1, 0.15) is 5.82 Å². The molecule has 0 bridgehead atoms. The van der Waals surface area contributed by atoms with Gasteiger partial charge in [-0.1, -0.05) is 32.9 Å². The fourth-order valence-corrected chi connectivity index (χ4v) is 3.61. The van der Waals surface area contributed by atoms with Crippen molar-refractivity contribution in [1.29, 1.82) is 0 Å². The van der Waals surface area contributed by atoms with E-state index in [1.807, 2.05) is 12.1 Å². The first-order chi connectivity index (χ1) is 13.3. The van der Waals surface area contributed by atoms with Gasteiger partial charge in [-0.25, -0.2) is 4.39 Å². The zero-order valence-electron chi connectivity index (χ0n) is 18.0. The Hall–Kier alpha value is -1.66. The molecule has 1 atom stereocenters. The highest BCUT2D eigenvalue weighted by molar-refractivity contribution is 5.79. The number of ether oxygens (including phenoxy) is 2. The fourth-order valence-electron chi connectivity index (χ4n) is 3.61. The predicted molar refractivity (Wildman–Crippen MR) is 112 cm³/mol. The molecule has 1 heterocycles. The third kappa shape index (κ3) is 6.17. The van der Waals surface area contributed by atoms with Gasteiger partial charge in [-0.2, -0.15) is 0 Å². The van der Waals surface area contributed by atoms with Crippen LogP contribution in [0.5, 0.6) is 0 Å². The van der Waals surface area contributed by atoms with Crippen molar-refractivity contribution in [3.8, 4) is 0 Å². The molecule has 2 N–H and O–H groups in total. The molecule has 1 aromatic rings. The smallest absolute Gasteiger partial charge is 0.191 e. The number of nitrogens with one attached hydrogen (secondary N) is 2. The topological polar surface area (TPSA) is 54.9 Å². The van der Waals surface area contributed by atoms with Gasteiger partial charge in [-0.05, 0) is 42.9 Å². The van der Waals surface area contributed by atoms with Crippen molar-refractivity contribution in [3.05, 3.63) is 35.6 Å². The number of hydrogen-bond donors (Lipinski definition) is 2. The lowest BCUT2D eigenvalue weighted by Gasteiger charge is -2.37. The van der Waals surface area contributed by atoms with Gasteiger partial charge in [0.05, 0.1) is 12.6 Å². The fraction of sp³-hybridized carbons (Fsp3) is 0.682. The molecular formula is C22H36FN3O2. The maximum Gasteiger partial charge on any atom is 0.191 e. The highest BCUT2D eigenvalue weighted by Crippen LogP contribution is 2.35. The molecule has 28 heavy (non-hydrogen) atoms. The Morgan fingerprint density at radius 1 is 1.21 bits per heavy atom. The molecule has 0 spiro atoms. The summed E-state index contributed by atoms with van der Waals surface area (Å²) in [6.45, 7) is 12.0. The molecule has 5 nitrogen and oxygen atoms in total. The quantitative estimate of drug-likeness (QED) is 0.550. The molecule has 0 aromatic heterocycles. The van der Waals surface area contributed by atoms with Gasteiger partial charge in [0.2, 0.25) is 0 Å². The molecular weight excluding hydrogens is 357 g/mol. The number of guanidine groups is 1. The number of benzene rings is 1. The molecule has 0 radical (unpaired) electrons. The van der Waals surface area contributed by atoms with Gasteiger partial charge < -0.3 is 20.1 Å². The van der Waals surface area contributed by atoms with Crippen molar-refractivity contribution in [1.82, 2.24) is 10.6 Å². The van der Waals surface area contributed by atoms with E-state index in [9.17, 15) is 4.39 Å². The second-order valence-corrected chi connectivity index (χ2v) is 8.57. The Morgan fingerprint density at radius 2 is 1.86 bits per heavy atom. The van der Waals surface area contributed by atoms with Gasteiger partial charge in [-0.3, -0.25) is 4.99 Å². The molecule has 0 saturated carbocycles. The molecule has 1 saturated heterocycles. The Morgan fingerprint density at radius 3 is 2.39 bits per heavy atom. The van der Waals surface area contributed by atoms with Crippen molar-refractivity contribution < 1.29 is 13.9 Å². The first-order valence-electron chi connectivity index (χ1n) is 10.2. The molecule has 1 unspecified atom stereocenters. The third-order valence-electron chi connectivity index (χ3n) is 5.50. The van der Waals surface area contributed by atoms with E-state index >= 15 is 0 Å². The minimum absolute atomic E-state index is 0.0368. The standard InChI is InChI=1S/C22H36FN3O2/c1-6-24-20(25-15-19(27-5)21(2,3)4)26-16-22(11-13-28-14-12-22)17-7-9-18(23)10-8-17/h7-10,19H,6,11-16H2,1-5H3,(H2,24,25,26).